The van der Waals surface area contributed by atoms with Crippen LogP contribution in [0.3, 0.4) is 0 Å². The minimum Gasteiger partial charge on any atom is -0.334 e. The molecule has 1 aliphatic rings. The Morgan fingerprint density at radius 3 is 2.68 bits per heavy atom. The summed E-state index contributed by atoms with van der Waals surface area (Å²) in [6, 6.07) is 0. The summed E-state index contributed by atoms with van der Waals surface area (Å²) in [7, 11) is 0. The van der Waals surface area contributed by atoms with Crippen LogP contribution in [0.4, 0.5) is 8.78 Å². The summed E-state index contributed by atoms with van der Waals surface area (Å²) in [5.41, 5.74) is 1.03. The van der Waals surface area contributed by atoms with Gasteiger partial charge in [-0.3, -0.25) is 0 Å². The molecule has 2 rings (SSSR count). The number of imidazole rings is 1. The molecule has 0 N–H and O–H groups in total. The van der Waals surface area contributed by atoms with Gasteiger partial charge in [-0.2, -0.15) is 0 Å². The maximum Gasteiger partial charge on any atom is 0.248 e. The van der Waals surface area contributed by atoms with E-state index >= 15 is 0 Å². The topological polar surface area (TPSA) is 17.8 Å². The zero-order valence-electron chi connectivity index (χ0n) is 12.0. The molecule has 1 heterocycles. The second-order valence-corrected chi connectivity index (χ2v) is 5.85. The van der Waals surface area contributed by atoms with Crippen molar-refractivity contribution < 1.29 is 8.78 Å². The van der Waals surface area contributed by atoms with Crippen LogP contribution in [0, 0.1) is 12.8 Å². The molecule has 0 aliphatic heterocycles. The van der Waals surface area contributed by atoms with Crippen LogP contribution in [0.5, 0.6) is 0 Å². The lowest BCUT2D eigenvalue weighted by Crippen LogP contribution is -2.27. The first-order chi connectivity index (χ1) is 9.00. The number of nitrogens with zero attached hydrogens (tertiary/aromatic N) is 2. The van der Waals surface area contributed by atoms with Gasteiger partial charge in [0.25, 0.3) is 0 Å². The minimum atomic E-state index is -2.42. The Morgan fingerprint density at radius 1 is 1.37 bits per heavy atom. The van der Waals surface area contributed by atoms with Gasteiger partial charge in [0.05, 0.1) is 5.69 Å². The lowest BCUT2D eigenvalue weighted by molar-refractivity contribution is -0.0473. The van der Waals surface area contributed by atoms with Crippen molar-refractivity contribution in [2.45, 2.75) is 71.3 Å². The number of unbranched alkanes of at least 4 members (excludes halogenated alkanes) is 1. The van der Waals surface area contributed by atoms with E-state index < -0.39 is 5.92 Å². The average molecular weight is 270 g/mol. The van der Waals surface area contributed by atoms with Crippen LogP contribution < -0.4 is 0 Å². The van der Waals surface area contributed by atoms with Crippen molar-refractivity contribution in [1.29, 1.82) is 0 Å². The van der Waals surface area contributed by atoms with Crippen molar-refractivity contribution in [2.24, 2.45) is 5.92 Å². The molecule has 2 nitrogen and oxygen atoms in total. The molecule has 1 aromatic rings. The summed E-state index contributed by atoms with van der Waals surface area (Å²) in [5, 5.41) is 0. The predicted octanol–water partition coefficient (Wildman–Crippen LogP) is 4.36. The Labute approximate surface area is 114 Å². The molecule has 108 valence electrons. The van der Waals surface area contributed by atoms with E-state index in [0.717, 1.165) is 37.3 Å². The van der Waals surface area contributed by atoms with Crippen LogP contribution in [-0.4, -0.2) is 15.5 Å². The first kappa shape index (κ1) is 14.5. The molecule has 0 saturated heterocycles. The highest BCUT2D eigenvalue weighted by molar-refractivity contribution is 5.03. The van der Waals surface area contributed by atoms with Crippen LogP contribution in [-0.2, 0) is 13.0 Å². The van der Waals surface area contributed by atoms with Crippen molar-refractivity contribution in [3.63, 3.8) is 0 Å². The van der Waals surface area contributed by atoms with Crippen molar-refractivity contribution >= 4 is 0 Å². The Morgan fingerprint density at radius 2 is 2.05 bits per heavy atom. The van der Waals surface area contributed by atoms with Gasteiger partial charge in [0, 0.05) is 32.0 Å². The quantitative estimate of drug-likeness (QED) is 0.777. The SMILES string of the molecule is CCCCc1nc(C)cn1CC1CCC(F)(F)CC1. The summed E-state index contributed by atoms with van der Waals surface area (Å²) < 4.78 is 28.5. The van der Waals surface area contributed by atoms with Gasteiger partial charge in [-0.15, -0.1) is 0 Å². The predicted molar refractivity (Wildman–Crippen MR) is 72.5 cm³/mol. The van der Waals surface area contributed by atoms with Crippen molar-refractivity contribution in [1.82, 2.24) is 9.55 Å². The largest absolute Gasteiger partial charge is 0.334 e. The van der Waals surface area contributed by atoms with Gasteiger partial charge >= 0.3 is 0 Å². The van der Waals surface area contributed by atoms with Crippen LogP contribution in [0.1, 0.15) is 57.0 Å². The maximum atomic E-state index is 13.1. The number of halogens is 2. The molecule has 0 radical (unpaired) electrons. The summed E-state index contributed by atoms with van der Waals surface area (Å²) in [6.07, 6.45) is 6.73. The number of aryl methyl sites for hydroxylation is 2. The number of hydrogen-bond donors (Lipinski definition) is 0. The minimum absolute atomic E-state index is 0.0512. The molecule has 0 unspecified atom stereocenters. The first-order valence-electron chi connectivity index (χ1n) is 7.40. The molecule has 0 bridgehead atoms. The first-order valence-corrected chi connectivity index (χ1v) is 7.40. The second-order valence-electron chi connectivity index (χ2n) is 5.85. The number of aromatic nitrogens is 2. The van der Waals surface area contributed by atoms with E-state index in [9.17, 15) is 8.78 Å². The monoisotopic (exact) mass is 270 g/mol. The fourth-order valence-electron chi connectivity index (χ4n) is 2.85. The Hall–Kier alpha value is -0.930. The standard InChI is InChI=1S/C15H24F2N2/c1-3-4-5-14-18-12(2)10-19(14)11-13-6-8-15(16,17)9-7-13/h10,13H,3-9,11H2,1-2H3. The van der Waals surface area contributed by atoms with E-state index in [4.69, 9.17) is 0 Å². The normalized spacial score (nSPS) is 19.8. The molecule has 0 atom stereocenters. The molecule has 1 aromatic heterocycles. The third kappa shape index (κ3) is 4.02. The van der Waals surface area contributed by atoms with Gasteiger partial charge in [-0.05, 0) is 32.1 Å². The number of alkyl halides is 2. The highest BCUT2D eigenvalue weighted by atomic mass is 19.3. The molecule has 1 saturated carbocycles. The Balaban J connectivity index is 1.95. The molecule has 19 heavy (non-hydrogen) atoms. The zero-order valence-corrected chi connectivity index (χ0v) is 12.0. The van der Waals surface area contributed by atoms with Crippen LogP contribution in [0.2, 0.25) is 0 Å². The van der Waals surface area contributed by atoms with Crippen molar-refractivity contribution in [2.75, 3.05) is 0 Å². The van der Waals surface area contributed by atoms with Crippen LogP contribution in [0.25, 0.3) is 0 Å². The zero-order chi connectivity index (χ0) is 13.9. The second kappa shape index (κ2) is 6.02. The van der Waals surface area contributed by atoms with E-state index in [1.165, 1.54) is 0 Å². The Bertz CT molecular complexity index is 402. The summed E-state index contributed by atoms with van der Waals surface area (Å²) in [4.78, 5) is 4.56. The lowest BCUT2D eigenvalue weighted by Gasteiger charge is -2.28. The number of rotatable bonds is 5. The molecule has 1 fully saturated rings. The van der Waals surface area contributed by atoms with Crippen molar-refractivity contribution in [3.05, 3.63) is 17.7 Å². The lowest BCUT2D eigenvalue weighted by atomic mass is 9.86. The Kier molecular flexibility index (Phi) is 4.58. The van der Waals surface area contributed by atoms with Gasteiger partial charge in [-0.1, -0.05) is 13.3 Å². The molecular formula is C15H24F2N2. The fraction of sp³-hybridized carbons (Fsp3) is 0.800. The summed E-state index contributed by atoms with van der Waals surface area (Å²) in [5.74, 6) is -0.919. The van der Waals surface area contributed by atoms with E-state index in [1.54, 1.807) is 0 Å². The third-order valence-corrected chi connectivity index (χ3v) is 4.03. The highest BCUT2D eigenvalue weighted by Crippen LogP contribution is 2.36. The third-order valence-electron chi connectivity index (χ3n) is 4.03. The van der Waals surface area contributed by atoms with E-state index in [0.29, 0.717) is 18.8 Å². The summed E-state index contributed by atoms with van der Waals surface area (Å²) >= 11 is 0. The molecule has 0 aromatic carbocycles. The van der Waals surface area contributed by atoms with E-state index in [1.807, 2.05) is 6.92 Å². The van der Waals surface area contributed by atoms with Gasteiger partial charge in [0.15, 0.2) is 0 Å². The van der Waals surface area contributed by atoms with Crippen molar-refractivity contribution in [3.8, 4) is 0 Å². The number of hydrogen-bond acceptors (Lipinski definition) is 1. The average Bonchev–Trinajstić information content (AvgIpc) is 2.70. The van der Waals surface area contributed by atoms with Gasteiger partial charge in [0.2, 0.25) is 5.92 Å². The smallest absolute Gasteiger partial charge is 0.248 e. The van der Waals surface area contributed by atoms with Crippen LogP contribution >= 0.6 is 0 Å². The highest BCUT2D eigenvalue weighted by Gasteiger charge is 2.34. The molecule has 0 amide bonds. The molecular weight excluding hydrogens is 246 g/mol. The van der Waals surface area contributed by atoms with Gasteiger partial charge < -0.3 is 4.57 Å². The van der Waals surface area contributed by atoms with E-state index in [2.05, 4.69) is 22.7 Å². The maximum absolute atomic E-state index is 13.1. The van der Waals surface area contributed by atoms with Crippen LogP contribution in [0.15, 0.2) is 6.20 Å². The molecule has 0 spiro atoms. The van der Waals surface area contributed by atoms with E-state index in [-0.39, 0.29) is 12.8 Å². The molecule has 4 heteroatoms. The van der Waals surface area contributed by atoms with Gasteiger partial charge in [-0.25, -0.2) is 13.8 Å². The molecule has 1 aliphatic carbocycles. The fourth-order valence-corrected chi connectivity index (χ4v) is 2.85. The summed E-state index contributed by atoms with van der Waals surface area (Å²) in [6.45, 7) is 5.03. The van der Waals surface area contributed by atoms with Gasteiger partial charge in [0.1, 0.15) is 5.82 Å².